The summed E-state index contributed by atoms with van der Waals surface area (Å²) in [6.07, 6.45) is 7.55. The summed E-state index contributed by atoms with van der Waals surface area (Å²) >= 11 is 0. The standard InChI is InChI=1S/C10H15N3O/c1-8-6-9(2-5-14-8)13-10-7-11-3-4-12-10/h3-4,7-9H,2,5-6H2,1H3,(H,12,13). The SMILES string of the molecule is CC1CC(Nc2cnccn2)CCO1. The van der Waals surface area contributed by atoms with Gasteiger partial charge >= 0.3 is 0 Å². The van der Waals surface area contributed by atoms with E-state index >= 15 is 0 Å². The van der Waals surface area contributed by atoms with E-state index in [1.807, 2.05) is 0 Å². The van der Waals surface area contributed by atoms with Crippen LogP contribution >= 0.6 is 0 Å². The first kappa shape index (κ1) is 9.40. The number of nitrogens with one attached hydrogen (secondary N) is 1. The first-order valence-electron chi connectivity index (χ1n) is 4.99. The van der Waals surface area contributed by atoms with Crippen molar-refractivity contribution in [3.63, 3.8) is 0 Å². The molecule has 1 fully saturated rings. The number of hydrogen-bond acceptors (Lipinski definition) is 4. The van der Waals surface area contributed by atoms with Crippen molar-refractivity contribution in [2.24, 2.45) is 0 Å². The van der Waals surface area contributed by atoms with Gasteiger partial charge < -0.3 is 10.1 Å². The van der Waals surface area contributed by atoms with Gasteiger partial charge in [-0.05, 0) is 19.8 Å². The summed E-state index contributed by atoms with van der Waals surface area (Å²) in [7, 11) is 0. The van der Waals surface area contributed by atoms with Gasteiger partial charge in [-0.15, -0.1) is 0 Å². The van der Waals surface area contributed by atoms with Gasteiger partial charge in [0, 0.05) is 25.0 Å². The molecule has 1 N–H and O–H groups in total. The molecule has 14 heavy (non-hydrogen) atoms. The molecule has 2 rings (SSSR count). The zero-order valence-electron chi connectivity index (χ0n) is 8.31. The molecule has 2 atom stereocenters. The Bertz CT molecular complexity index is 278. The third kappa shape index (κ3) is 2.42. The molecular formula is C10H15N3O. The Morgan fingerprint density at radius 3 is 3.14 bits per heavy atom. The lowest BCUT2D eigenvalue weighted by Gasteiger charge is -2.28. The van der Waals surface area contributed by atoms with E-state index in [0.29, 0.717) is 12.1 Å². The molecule has 0 radical (unpaired) electrons. The fourth-order valence-electron chi connectivity index (χ4n) is 1.71. The molecule has 1 aromatic heterocycles. The van der Waals surface area contributed by atoms with Crippen LogP contribution in [-0.4, -0.2) is 28.7 Å². The molecule has 4 nitrogen and oxygen atoms in total. The van der Waals surface area contributed by atoms with Crippen LogP contribution in [0.3, 0.4) is 0 Å². The van der Waals surface area contributed by atoms with E-state index in [4.69, 9.17) is 4.74 Å². The third-order valence-electron chi connectivity index (χ3n) is 2.40. The Hall–Kier alpha value is -1.16. The zero-order valence-corrected chi connectivity index (χ0v) is 8.31. The van der Waals surface area contributed by atoms with Crippen LogP contribution in [0.4, 0.5) is 5.82 Å². The molecule has 0 aromatic carbocycles. The highest BCUT2D eigenvalue weighted by Crippen LogP contribution is 2.16. The van der Waals surface area contributed by atoms with Crippen LogP contribution in [0.15, 0.2) is 18.6 Å². The smallest absolute Gasteiger partial charge is 0.144 e. The van der Waals surface area contributed by atoms with Crippen molar-refractivity contribution in [3.05, 3.63) is 18.6 Å². The molecule has 0 aliphatic carbocycles. The first-order valence-corrected chi connectivity index (χ1v) is 4.99. The summed E-state index contributed by atoms with van der Waals surface area (Å²) in [5.74, 6) is 0.853. The highest BCUT2D eigenvalue weighted by molar-refractivity contribution is 5.31. The second-order valence-corrected chi connectivity index (χ2v) is 3.64. The molecule has 2 heterocycles. The first-order chi connectivity index (χ1) is 6.84. The molecule has 1 saturated heterocycles. The van der Waals surface area contributed by atoms with Gasteiger partial charge in [-0.25, -0.2) is 4.98 Å². The average Bonchev–Trinajstić information content (AvgIpc) is 2.19. The maximum absolute atomic E-state index is 5.47. The van der Waals surface area contributed by atoms with E-state index in [-0.39, 0.29) is 0 Å². The lowest BCUT2D eigenvalue weighted by Crippen LogP contribution is -2.32. The number of rotatable bonds is 2. The van der Waals surface area contributed by atoms with Crippen molar-refractivity contribution in [1.29, 1.82) is 0 Å². The normalized spacial score (nSPS) is 27.2. The summed E-state index contributed by atoms with van der Waals surface area (Å²) < 4.78 is 5.47. The second kappa shape index (κ2) is 4.37. The Balaban J connectivity index is 1.91. The number of ether oxygens (including phenoxy) is 1. The largest absolute Gasteiger partial charge is 0.378 e. The monoisotopic (exact) mass is 193 g/mol. The van der Waals surface area contributed by atoms with E-state index in [1.165, 1.54) is 0 Å². The minimum absolute atomic E-state index is 0.345. The fraction of sp³-hybridized carbons (Fsp3) is 0.600. The van der Waals surface area contributed by atoms with Gasteiger partial charge in [-0.2, -0.15) is 0 Å². The summed E-state index contributed by atoms with van der Waals surface area (Å²) in [6, 6.07) is 0.468. The minimum Gasteiger partial charge on any atom is -0.378 e. The van der Waals surface area contributed by atoms with Crippen molar-refractivity contribution in [1.82, 2.24) is 9.97 Å². The highest BCUT2D eigenvalue weighted by Gasteiger charge is 2.19. The van der Waals surface area contributed by atoms with Crippen molar-refractivity contribution >= 4 is 5.82 Å². The van der Waals surface area contributed by atoms with E-state index in [2.05, 4.69) is 22.2 Å². The van der Waals surface area contributed by atoms with E-state index < -0.39 is 0 Å². The number of nitrogens with zero attached hydrogens (tertiary/aromatic N) is 2. The summed E-state index contributed by atoms with van der Waals surface area (Å²) in [5.41, 5.74) is 0. The Morgan fingerprint density at radius 1 is 1.50 bits per heavy atom. The van der Waals surface area contributed by atoms with Gasteiger partial charge in [0.05, 0.1) is 12.3 Å². The van der Waals surface area contributed by atoms with Gasteiger partial charge in [-0.3, -0.25) is 4.98 Å². The lowest BCUT2D eigenvalue weighted by atomic mass is 10.0. The summed E-state index contributed by atoms with van der Waals surface area (Å²) in [6.45, 7) is 2.93. The van der Waals surface area contributed by atoms with Crippen molar-refractivity contribution < 1.29 is 4.74 Å². The van der Waals surface area contributed by atoms with Crippen molar-refractivity contribution in [2.45, 2.75) is 31.9 Å². The van der Waals surface area contributed by atoms with Crippen molar-refractivity contribution in [3.8, 4) is 0 Å². The fourth-order valence-corrected chi connectivity index (χ4v) is 1.71. The van der Waals surface area contributed by atoms with Gasteiger partial charge in [0.15, 0.2) is 0 Å². The Kier molecular flexibility index (Phi) is 2.93. The number of hydrogen-bond donors (Lipinski definition) is 1. The van der Waals surface area contributed by atoms with Gasteiger partial charge in [-0.1, -0.05) is 0 Å². The minimum atomic E-state index is 0.345. The van der Waals surface area contributed by atoms with Gasteiger partial charge in [0.1, 0.15) is 5.82 Å². The molecule has 0 spiro atoms. The number of aromatic nitrogens is 2. The van der Waals surface area contributed by atoms with Gasteiger partial charge in [0.25, 0.3) is 0 Å². The molecule has 4 heteroatoms. The molecule has 0 amide bonds. The molecule has 1 aromatic rings. The Labute approximate surface area is 83.7 Å². The van der Waals surface area contributed by atoms with Crippen LogP contribution in [-0.2, 0) is 4.74 Å². The lowest BCUT2D eigenvalue weighted by molar-refractivity contribution is 0.0232. The number of anilines is 1. The molecule has 0 saturated carbocycles. The molecule has 76 valence electrons. The molecule has 1 aliphatic heterocycles. The van der Waals surface area contributed by atoms with Crippen LogP contribution < -0.4 is 5.32 Å². The van der Waals surface area contributed by atoms with Crippen LogP contribution in [0.5, 0.6) is 0 Å². The van der Waals surface area contributed by atoms with Crippen LogP contribution in [0.1, 0.15) is 19.8 Å². The molecular weight excluding hydrogens is 178 g/mol. The van der Waals surface area contributed by atoms with Gasteiger partial charge in [0.2, 0.25) is 0 Å². The summed E-state index contributed by atoms with van der Waals surface area (Å²) in [4.78, 5) is 8.20. The molecule has 1 aliphatic rings. The predicted molar refractivity (Wildman–Crippen MR) is 54.1 cm³/mol. The highest BCUT2D eigenvalue weighted by atomic mass is 16.5. The average molecular weight is 193 g/mol. The van der Waals surface area contributed by atoms with Crippen LogP contribution in [0, 0.1) is 0 Å². The topological polar surface area (TPSA) is 47.0 Å². The van der Waals surface area contributed by atoms with E-state index in [1.54, 1.807) is 18.6 Å². The van der Waals surface area contributed by atoms with Crippen LogP contribution in [0.2, 0.25) is 0 Å². The second-order valence-electron chi connectivity index (χ2n) is 3.64. The van der Waals surface area contributed by atoms with E-state index in [9.17, 15) is 0 Å². The molecule has 0 bridgehead atoms. The van der Waals surface area contributed by atoms with Crippen LogP contribution in [0.25, 0.3) is 0 Å². The predicted octanol–water partition coefficient (Wildman–Crippen LogP) is 1.46. The maximum Gasteiger partial charge on any atom is 0.144 e. The molecule has 2 unspecified atom stereocenters. The van der Waals surface area contributed by atoms with Crippen molar-refractivity contribution in [2.75, 3.05) is 11.9 Å². The summed E-state index contributed by atoms with van der Waals surface area (Å²) in [5, 5.41) is 3.36. The zero-order chi connectivity index (χ0) is 9.80. The Morgan fingerprint density at radius 2 is 2.43 bits per heavy atom. The quantitative estimate of drug-likeness (QED) is 0.772. The maximum atomic E-state index is 5.47. The van der Waals surface area contributed by atoms with E-state index in [0.717, 1.165) is 25.3 Å². The third-order valence-corrected chi connectivity index (χ3v) is 2.40.